The Bertz CT molecular complexity index is 714. The molecule has 1 unspecified atom stereocenters. The highest BCUT2D eigenvalue weighted by atomic mass is 32.1. The molecule has 1 aromatic carbocycles. The van der Waals surface area contributed by atoms with Gasteiger partial charge in [-0.3, -0.25) is 4.79 Å². The van der Waals surface area contributed by atoms with Gasteiger partial charge in [-0.25, -0.2) is 9.78 Å². The van der Waals surface area contributed by atoms with Crippen LogP contribution < -0.4 is 10.1 Å². The molecule has 0 saturated heterocycles. The zero-order chi connectivity index (χ0) is 17.5. The minimum Gasteiger partial charge on any atom is -0.481 e. The molecular weight excluding hydrogens is 328 g/mol. The van der Waals surface area contributed by atoms with Crippen LogP contribution in [0.25, 0.3) is 0 Å². The van der Waals surface area contributed by atoms with Gasteiger partial charge in [0.15, 0.2) is 11.8 Å². The summed E-state index contributed by atoms with van der Waals surface area (Å²) in [6, 6.07) is 7.57. The Morgan fingerprint density at radius 2 is 2.21 bits per heavy atom. The molecule has 0 aliphatic heterocycles. The number of hydrogen-bond donors (Lipinski definition) is 2. The molecule has 0 aliphatic rings. The summed E-state index contributed by atoms with van der Waals surface area (Å²) in [7, 11) is 0. The molecule has 1 heterocycles. The molecule has 2 aromatic rings. The number of aromatic nitrogens is 1. The number of benzene rings is 1. The van der Waals surface area contributed by atoms with Crippen molar-refractivity contribution >= 4 is 23.2 Å². The van der Waals surface area contributed by atoms with Crippen LogP contribution in [-0.4, -0.2) is 34.6 Å². The van der Waals surface area contributed by atoms with Gasteiger partial charge in [-0.15, -0.1) is 11.3 Å². The van der Waals surface area contributed by atoms with Gasteiger partial charge in [-0.2, -0.15) is 0 Å². The lowest BCUT2D eigenvalue weighted by atomic mass is 10.2. The van der Waals surface area contributed by atoms with E-state index in [1.807, 2.05) is 38.1 Å². The lowest BCUT2D eigenvalue weighted by Crippen LogP contribution is -2.38. The van der Waals surface area contributed by atoms with E-state index in [0.29, 0.717) is 30.1 Å². The van der Waals surface area contributed by atoms with Crippen molar-refractivity contribution in [2.75, 3.05) is 6.54 Å². The number of carboxylic acids is 1. The molecular formula is C17H20N2O4S. The van der Waals surface area contributed by atoms with Crippen LogP contribution >= 0.6 is 11.3 Å². The van der Waals surface area contributed by atoms with Crippen molar-refractivity contribution in [1.29, 1.82) is 0 Å². The SMILES string of the molecule is CCC(Oc1cccc(C)c1)C(=O)NCCc1nc(C(=O)O)cs1. The molecule has 0 fully saturated rings. The maximum Gasteiger partial charge on any atom is 0.355 e. The molecule has 1 aromatic heterocycles. The zero-order valence-corrected chi connectivity index (χ0v) is 14.4. The molecule has 0 bridgehead atoms. The predicted molar refractivity (Wildman–Crippen MR) is 91.7 cm³/mol. The maximum absolute atomic E-state index is 12.2. The Balaban J connectivity index is 1.84. The number of thiazole rings is 1. The fraction of sp³-hybridized carbons (Fsp3) is 0.353. The summed E-state index contributed by atoms with van der Waals surface area (Å²) >= 11 is 1.27. The highest BCUT2D eigenvalue weighted by molar-refractivity contribution is 7.09. The quantitative estimate of drug-likeness (QED) is 0.766. The molecule has 1 atom stereocenters. The summed E-state index contributed by atoms with van der Waals surface area (Å²) in [5, 5.41) is 13.8. The Kier molecular flexibility index (Phi) is 6.31. The van der Waals surface area contributed by atoms with Crippen molar-refractivity contribution in [2.24, 2.45) is 0 Å². The number of nitrogens with one attached hydrogen (secondary N) is 1. The smallest absolute Gasteiger partial charge is 0.355 e. The van der Waals surface area contributed by atoms with Gasteiger partial charge in [0.1, 0.15) is 5.75 Å². The van der Waals surface area contributed by atoms with Crippen molar-refractivity contribution in [3.63, 3.8) is 0 Å². The third-order valence-electron chi connectivity index (χ3n) is 3.34. The van der Waals surface area contributed by atoms with E-state index in [1.54, 1.807) is 0 Å². The number of ether oxygens (including phenoxy) is 1. The molecule has 24 heavy (non-hydrogen) atoms. The van der Waals surface area contributed by atoms with E-state index in [0.717, 1.165) is 5.56 Å². The lowest BCUT2D eigenvalue weighted by molar-refractivity contribution is -0.128. The number of carbonyl (C=O) groups is 2. The Morgan fingerprint density at radius 1 is 1.42 bits per heavy atom. The van der Waals surface area contributed by atoms with Crippen LogP contribution in [0.15, 0.2) is 29.6 Å². The van der Waals surface area contributed by atoms with Crippen molar-refractivity contribution in [3.8, 4) is 5.75 Å². The van der Waals surface area contributed by atoms with Crippen LogP contribution in [0.3, 0.4) is 0 Å². The molecule has 0 saturated carbocycles. The monoisotopic (exact) mass is 348 g/mol. The van der Waals surface area contributed by atoms with Gasteiger partial charge in [0.2, 0.25) is 0 Å². The number of hydrogen-bond acceptors (Lipinski definition) is 5. The Morgan fingerprint density at radius 3 is 2.83 bits per heavy atom. The molecule has 0 radical (unpaired) electrons. The van der Waals surface area contributed by atoms with Gasteiger partial charge >= 0.3 is 5.97 Å². The van der Waals surface area contributed by atoms with Gasteiger partial charge in [0.05, 0.1) is 5.01 Å². The maximum atomic E-state index is 12.2. The number of aromatic carboxylic acids is 1. The van der Waals surface area contributed by atoms with Gasteiger partial charge in [0, 0.05) is 18.3 Å². The molecule has 1 amide bonds. The fourth-order valence-corrected chi connectivity index (χ4v) is 2.88. The number of nitrogens with zero attached hydrogens (tertiary/aromatic N) is 1. The number of rotatable bonds is 8. The van der Waals surface area contributed by atoms with E-state index in [4.69, 9.17) is 9.84 Å². The first-order chi connectivity index (χ1) is 11.5. The van der Waals surface area contributed by atoms with Crippen LogP contribution in [0.5, 0.6) is 5.75 Å². The van der Waals surface area contributed by atoms with E-state index in [1.165, 1.54) is 16.7 Å². The van der Waals surface area contributed by atoms with E-state index in [9.17, 15) is 9.59 Å². The fourth-order valence-electron chi connectivity index (χ4n) is 2.11. The topological polar surface area (TPSA) is 88.5 Å². The molecule has 2 N–H and O–H groups in total. The third-order valence-corrected chi connectivity index (χ3v) is 4.25. The first kappa shape index (κ1) is 17.9. The van der Waals surface area contributed by atoms with Crippen LogP contribution in [0.1, 0.15) is 34.4 Å². The summed E-state index contributed by atoms with van der Waals surface area (Å²) in [6.07, 6.45) is 0.489. The first-order valence-corrected chi connectivity index (χ1v) is 8.56. The average molecular weight is 348 g/mol. The molecule has 2 rings (SSSR count). The second-order valence-corrected chi connectivity index (χ2v) is 6.25. The van der Waals surface area contributed by atoms with Crippen molar-refractivity contribution < 1.29 is 19.4 Å². The summed E-state index contributed by atoms with van der Waals surface area (Å²) in [5.74, 6) is -0.559. The molecule has 128 valence electrons. The number of amides is 1. The molecule has 7 heteroatoms. The van der Waals surface area contributed by atoms with Crippen molar-refractivity contribution in [3.05, 3.63) is 45.9 Å². The average Bonchev–Trinajstić information content (AvgIpc) is 3.01. The Hall–Kier alpha value is -2.41. The lowest BCUT2D eigenvalue weighted by Gasteiger charge is -2.17. The number of carbonyl (C=O) groups excluding carboxylic acids is 1. The predicted octanol–water partition coefficient (Wildman–Crippen LogP) is 2.67. The standard InChI is InChI=1S/C17H20N2O4S/c1-3-14(23-12-6-4-5-11(2)9-12)16(20)18-8-7-15-19-13(10-24-15)17(21)22/h4-6,9-10,14H,3,7-8H2,1-2H3,(H,18,20)(H,21,22). The normalized spacial score (nSPS) is 11.8. The first-order valence-electron chi connectivity index (χ1n) is 7.68. The second kappa shape index (κ2) is 8.44. The number of carboxylic acid groups (broad SMARTS) is 1. The van der Waals surface area contributed by atoms with E-state index in [2.05, 4.69) is 10.3 Å². The van der Waals surface area contributed by atoms with Gasteiger partial charge in [0.25, 0.3) is 5.91 Å². The van der Waals surface area contributed by atoms with E-state index >= 15 is 0 Å². The van der Waals surface area contributed by atoms with Crippen LogP contribution in [0.2, 0.25) is 0 Å². The van der Waals surface area contributed by atoms with Crippen molar-refractivity contribution in [1.82, 2.24) is 10.3 Å². The van der Waals surface area contributed by atoms with E-state index in [-0.39, 0.29) is 11.6 Å². The number of aryl methyl sites for hydroxylation is 1. The minimum absolute atomic E-state index is 0.0375. The van der Waals surface area contributed by atoms with Gasteiger partial charge in [-0.05, 0) is 31.0 Å². The highest BCUT2D eigenvalue weighted by Gasteiger charge is 2.18. The van der Waals surface area contributed by atoms with Gasteiger partial charge in [-0.1, -0.05) is 19.1 Å². The highest BCUT2D eigenvalue weighted by Crippen LogP contribution is 2.15. The van der Waals surface area contributed by atoms with Crippen LogP contribution in [0.4, 0.5) is 0 Å². The third kappa shape index (κ3) is 5.06. The summed E-state index contributed by atoms with van der Waals surface area (Å²) in [4.78, 5) is 27.0. The van der Waals surface area contributed by atoms with Crippen molar-refractivity contribution in [2.45, 2.75) is 32.8 Å². The largest absolute Gasteiger partial charge is 0.481 e. The second-order valence-electron chi connectivity index (χ2n) is 5.30. The van der Waals surface area contributed by atoms with E-state index < -0.39 is 12.1 Å². The zero-order valence-electron chi connectivity index (χ0n) is 13.6. The Labute approximate surface area is 144 Å². The minimum atomic E-state index is -1.04. The summed E-state index contributed by atoms with van der Waals surface area (Å²) in [5.41, 5.74) is 1.11. The molecule has 6 nitrogen and oxygen atoms in total. The van der Waals surface area contributed by atoms with Crippen LogP contribution in [0, 0.1) is 6.92 Å². The van der Waals surface area contributed by atoms with Gasteiger partial charge < -0.3 is 15.2 Å². The summed E-state index contributed by atoms with van der Waals surface area (Å²) < 4.78 is 5.74. The van der Waals surface area contributed by atoms with Crippen LogP contribution in [-0.2, 0) is 11.2 Å². The summed E-state index contributed by atoms with van der Waals surface area (Å²) in [6.45, 7) is 4.24. The molecule has 0 spiro atoms. The molecule has 0 aliphatic carbocycles.